The van der Waals surface area contributed by atoms with Crippen LogP contribution in [0, 0.1) is 5.92 Å². The van der Waals surface area contributed by atoms with Crippen molar-refractivity contribution in [1.29, 1.82) is 0 Å². The van der Waals surface area contributed by atoms with Crippen molar-refractivity contribution in [3.63, 3.8) is 0 Å². The summed E-state index contributed by atoms with van der Waals surface area (Å²) in [5.41, 5.74) is 0.952. The maximum Gasteiger partial charge on any atom is 0.308 e. The molecule has 0 aromatic heterocycles. The molecule has 3 saturated heterocycles. The van der Waals surface area contributed by atoms with Gasteiger partial charge in [0.25, 0.3) is 0 Å². The summed E-state index contributed by atoms with van der Waals surface area (Å²) < 4.78 is 28.3. The molecule has 3 rings (SSSR count). The maximum absolute atomic E-state index is 12.5. The van der Waals surface area contributed by atoms with Gasteiger partial charge in [-0.25, -0.2) is 0 Å². The van der Waals surface area contributed by atoms with E-state index >= 15 is 0 Å². The summed E-state index contributed by atoms with van der Waals surface area (Å²) in [6.07, 6.45) is 15.0. The first-order valence-corrected chi connectivity index (χ1v) is 16.5. The molecule has 236 valence electrons. The number of thioether (sulfide) groups is 1. The highest BCUT2D eigenvalue weighted by Crippen LogP contribution is 2.43. The topological polar surface area (TPSA) is 113 Å². The number of hydrogen-bond acceptors (Lipinski definition) is 9. The van der Waals surface area contributed by atoms with Crippen LogP contribution in [-0.2, 0) is 38.1 Å². The smallest absolute Gasteiger partial charge is 0.308 e. The summed E-state index contributed by atoms with van der Waals surface area (Å²) in [5.74, 6) is 0.448. The van der Waals surface area contributed by atoms with Crippen molar-refractivity contribution in [2.24, 2.45) is 5.92 Å². The van der Waals surface area contributed by atoms with Gasteiger partial charge >= 0.3 is 11.9 Å². The summed E-state index contributed by atoms with van der Waals surface area (Å²) >= 11 is 1.70. The number of rotatable bonds is 14. The lowest BCUT2D eigenvalue weighted by Gasteiger charge is -2.39. The summed E-state index contributed by atoms with van der Waals surface area (Å²) in [7, 11) is 1.39. The normalized spacial score (nSPS) is 32.2. The third-order valence-electron chi connectivity index (χ3n) is 8.07. The number of epoxide rings is 1. The number of amides is 1. The van der Waals surface area contributed by atoms with Crippen molar-refractivity contribution in [3.8, 4) is 0 Å². The van der Waals surface area contributed by atoms with Crippen molar-refractivity contribution in [2.75, 3.05) is 25.7 Å². The zero-order chi connectivity index (χ0) is 30.7. The van der Waals surface area contributed by atoms with Crippen molar-refractivity contribution >= 4 is 29.6 Å². The first kappa shape index (κ1) is 34.4. The lowest BCUT2D eigenvalue weighted by atomic mass is 9.88. The van der Waals surface area contributed by atoms with E-state index in [-0.39, 0.29) is 66.2 Å². The van der Waals surface area contributed by atoms with E-state index in [0.717, 1.165) is 43.4 Å². The molecule has 3 heterocycles. The average Bonchev–Trinajstić information content (AvgIpc) is 3.68. The van der Waals surface area contributed by atoms with Crippen molar-refractivity contribution in [2.45, 2.75) is 115 Å². The maximum atomic E-state index is 12.5. The average molecular weight is 608 g/mol. The van der Waals surface area contributed by atoms with Gasteiger partial charge in [-0.3, -0.25) is 14.4 Å². The van der Waals surface area contributed by atoms with E-state index in [0.29, 0.717) is 13.0 Å². The number of ether oxygens (including phenoxy) is 5. The molecule has 0 aliphatic carbocycles. The zero-order valence-electron chi connectivity index (χ0n) is 26.0. The molecule has 3 aliphatic heterocycles. The Hall–Kier alpha value is -2.14. The van der Waals surface area contributed by atoms with Gasteiger partial charge in [0.05, 0.1) is 56.2 Å². The van der Waals surface area contributed by atoms with Crippen LogP contribution < -0.4 is 5.32 Å². The van der Waals surface area contributed by atoms with Gasteiger partial charge in [-0.1, -0.05) is 30.7 Å². The highest BCUT2D eigenvalue weighted by molar-refractivity contribution is 7.98. The van der Waals surface area contributed by atoms with Gasteiger partial charge in [0, 0.05) is 25.3 Å². The quantitative estimate of drug-likeness (QED) is 0.0988. The number of carbonyl (C=O) groups is 3. The Morgan fingerprint density at radius 3 is 2.60 bits per heavy atom. The van der Waals surface area contributed by atoms with Gasteiger partial charge < -0.3 is 29.0 Å². The monoisotopic (exact) mass is 607 g/mol. The van der Waals surface area contributed by atoms with Crippen molar-refractivity contribution < 1.29 is 38.1 Å². The first-order chi connectivity index (χ1) is 20.0. The van der Waals surface area contributed by atoms with E-state index in [1.54, 1.807) is 24.8 Å². The minimum Gasteiger partial charge on any atom is -0.469 e. The number of allylic oxidation sites excluding steroid dienone is 2. The summed E-state index contributed by atoms with van der Waals surface area (Å²) in [6.45, 7) is 8.66. The van der Waals surface area contributed by atoms with Gasteiger partial charge in [-0.2, -0.15) is 11.8 Å². The van der Waals surface area contributed by atoms with Crippen LogP contribution in [-0.4, -0.2) is 85.7 Å². The lowest BCUT2D eigenvalue weighted by Crippen LogP contribution is -2.50. The van der Waals surface area contributed by atoms with E-state index < -0.39 is 6.10 Å². The molecule has 0 saturated carbocycles. The molecule has 0 bridgehead atoms. The Balaban J connectivity index is 1.42. The van der Waals surface area contributed by atoms with E-state index in [9.17, 15) is 14.4 Å². The summed E-state index contributed by atoms with van der Waals surface area (Å²) in [4.78, 5) is 36.2. The molecule has 8 atom stereocenters. The Morgan fingerprint density at radius 1 is 1.14 bits per heavy atom. The fourth-order valence-electron chi connectivity index (χ4n) is 5.51. The molecule has 1 N–H and O–H groups in total. The van der Waals surface area contributed by atoms with Gasteiger partial charge in [0.2, 0.25) is 5.91 Å². The molecule has 10 heteroatoms. The van der Waals surface area contributed by atoms with E-state index in [2.05, 4.69) is 37.4 Å². The number of hydrogen-bond donors (Lipinski definition) is 1. The van der Waals surface area contributed by atoms with Crippen LogP contribution in [0.2, 0.25) is 0 Å². The minimum atomic E-state index is -0.459. The van der Waals surface area contributed by atoms with Crippen LogP contribution in [0.5, 0.6) is 0 Å². The molecule has 42 heavy (non-hydrogen) atoms. The van der Waals surface area contributed by atoms with Gasteiger partial charge in [0.1, 0.15) is 6.10 Å². The van der Waals surface area contributed by atoms with E-state index in [1.807, 2.05) is 13.2 Å². The predicted molar refractivity (Wildman–Crippen MR) is 163 cm³/mol. The fraction of sp³-hybridized carbons (Fsp3) is 0.719. The molecular weight excluding hydrogens is 558 g/mol. The SMILES string of the molecule is COC(=O)C[C@@H]1C[C@]2(CO2)C[C@@H](/C=C/C(C)=C/C[C@@H]2O[C@H](C)[C@H](NC(=O)/C=C\[C@H](C)OC(=O)CCCSC)C[C@@H]2C)O1. The standard InChI is InChI=1S/C32H49NO8S/c1-21(9-12-25-18-32(20-38-32)19-26(41-25)17-31(36)37-5)10-13-28-22(2)16-27(24(4)40-28)33-29(34)14-11-23(3)39-30(35)8-7-15-42-6/h9-12,14,22-28H,7-8,13,15-20H2,1-6H3,(H,33,34)/b12-9+,14-11-,21-10+/t22-,23-,24+,25+,26+,27+,28-,32-/m0/s1. The molecular formula is C32H49NO8S. The fourth-order valence-corrected chi connectivity index (χ4v) is 5.94. The Morgan fingerprint density at radius 2 is 1.90 bits per heavy atom. The third-order valence-corrected chi connectivity index (χ3v) is 8.77. The molecule has 0 aromatic carbocycles. The van der Waals surface area contributed by atoms with Crippen molar-refractivity contribution in [1.82, 2.24) is 5.32 Å². The van der Waals surface area contributed by atoms with Crippen LogP contribution >= 0.6 is 11.8 Å². The third kappa shape index (κ3) is 11.5. The number of nitrogens with one attached hydrogen (secondary N) is 1. The van der Waals surface area contributed by atoms with Crippen LogP contribution in [0.1, 0.15) is 72.6 Å². The Kier molecular flexibility index (Phi) is 13.6. The second-order valence-electron chi connectivity index (χ2n) is 11.9. The summed E-state index contributed by atoms with van der Waals surface area (Å²) in [5, 5.41) is 3.05. The lowest BCUT2D eigenvalue weighted by molar-refractivity contribution is -0.147. The van der Waals surface area contributed by atoms with Crippen LogP contribution in [0.3, 0.4) is 0 Å². The van der Waals surface area contributed by atoms with E-state index in [4.69, 9.17) is 23.7 Å². The van der Waals surface area contributed by atoms with Crippen LogP contribution in [0.25, 0.3) is 0 Å². The minimum absolute atomic E-state index is 0.0519. The largest absolute Gasteiger partial charge is 0.469 e. The highest BCUT2D eigenvalue weighted by atomic mass is 32.2. The highest BCUT2D eigenvalue weighted by Gasteiger charge is 2.51. The predicted octanol–water partition coefficient (Wildman–Crippen LogP) is 4.69. The van der Waals surface area contributed by atoms with Gasteiger partial charge in [-0.05, 0) is 64.0 Å². The number of esters is 2. The van der Waals surface area contributed by atoms with Crippen LogP contribution in [0.15, 0.2) is 36.0 Å². The second-order valence-corrected chi connectivity index (χ2v) is 12.8. The zero-order valence-corrected chi connectivity index (χ0v) is 26.8. The molecule has 3 aliphatic rings. The molecule has 0 aromatic rings. The molecule has 1 spiro atoms. The number of methoxy groups -OCH3 is 1. The van der Waals surface area contributed by atoms with Gasteiger partial charge in [0.15, 0.2) is 0 Å². The Bertz CT molecular complexity index is 1010. The van der Waals surface area contributed by atoms with Gasteiger partial charge in [-0.15, -0.1) is 0 Å². The van der Waals surface area contributed by atoms with E-state index in [1.165, 1.54) is 13.2 Å². The second kappa shape index (κ2) is 16.6. The van der Waals surface area contributed by atoms with Crippen molar-refractivity contribution in [3.05, 3.63) is 36.0 Å². The Labute approximate surface area is 255 Å². The first-order valence-electron chi connectivity index (χ1n) is 15.1. The molecule has 1 amide bonds. The molecule has 0 unspecified atom stereocenters. The molecule has 9 nitrogen and oxygen atoms in total. The molecule has 0 radical (unpaired) electrons. The number of carbonyl (C=O) groups excluding carboxylic acids is 3. The molecule has 3 fully saturated rings. The summed E-state index contributed by atoms with van der Waals surface area (Å²) in [6, 6.07) is -0.0962. The van der Waals surface area contributed by atoms with Crippen LogP contribution in [0.4, 0.5) is 0 Å².